The zero-order valence-electron chi connectivity index (χ0n) is 6.63. The number of rotatable bonds is 1. The second-order valence-corrected chi connectivity index (χ2v) is 2.46. The number of hydrazine groups is 1. The van der Waals surface area contributed by atoms with E-state index < -0.39 is 0 Å². The van der Waals surface area contributed by atoms with Crippen molar-refractivity contribution in [2.24, 2.45) is 0 Å². The molecule has 0 spiro atoms. The zero-order chi connectivity index (χ0) is 8.27. The fraction of sp³-hybridized carbons (Fsp3) is 0.571. The molecule has 1 rings (SSSR count). The Morgan fingerprint density at radius 3 is 2.64 bits per heavy atom. The summed E-state index contributed by atoms with van der Waals surface area (Å²) in [4.78, 5) is 10.9. The van der Waals surface area contributed by atoms with Gasteiger partial charge in [-0.25, -0.2) is 10.2 Å². The van der Waals surface area contributed by atoms with Gasteiger partial charge in [0.15, 0.2) is 0 Å². The van der Waals surface area contributed by atoms with E-state index in [2.05, 4.69) is 15.6 Å². The lowest BCUT2D eigenvalue weighted by Crippen LogP contribution is -2.51. The van der Waals surface area contributed by atoms with E-state index in [-0.39, 0.29) is 18.1 Å². The second kappa shape index (κ2) is 3.50. The molecule has 0 fully saturated rings. The SMILES string of the molecule is COC(=O)[C@H]1C=C[C@H](C)NN1. The zero-order valence-corrected chi connectivity index (χ0v) is 6.63. The van der Waals surface area contributed by atoms with E-state index in [1.54, 1.807) is 6.08 Å². The maximum atomic E-state index is 10.9. The number of ether oxygens (including phenoxy) is 1. The lowest BCUT2D eigenvalue weighted by molar-refractivity contribution is -0.142. The lowest BCUT2D eigenvalue weighted by atomic mass is 10.2. The van der Waals surface area contributed by atoms with Gasteiger partial charge >= 0.3 is 5.97 Å². The van der Waals surface area contributed by atoms with Crippen molar-refractivity contribution >= 4 is 5.97 Å². The maximum absolute atomic E-state index is 10.9. The standard InChI is InChI=1S/C7H12N2O2/c1-5-3-4-6(9-8-5)7(10)11-2/h3-6,8-9H,1-2H3/t5-,6+/m0/s1. The van der Waals surface area contributed by atoms with Crippen LogP contribution >= 0.6 is 0 Å². The molecule has 4 heteroatoms. The van der Waals surface area contributed by atoms with Crippen LogP contribution in [0, 0.1) is 0 Å². The number of hydrogen-bond acceptors (Lipinski definition) is 4. The molecule has 1 aliphatic rings. The molecule has 0 unspecified atom stereocenters. The molecule has 0 aromatic carbocycles. The summed E-state index contributed by atoms with van der Waals surface area (Å²) in [6, 6.07) is -0.0906. The minimum Gasteiger partial charge on any atom is -0.468 e. The molecule has 0 aromatic heterocycles. The highest BCUT2D eigenvalue weighted by Gasteiger charge is 2.18. The number of hydrogen-bond donors (Lipinski definition) is 2. The molecule has 1 aliphatic heterocycles. The van der Waals surface area contributed by atoms with Crippen molar-refractivity contribution in [2.45, 2.75) is 19.0 Å². The average Bonchev–Trinajstić information content (AvgIpc) is 2.05. The summed E-state index contributed by atoms with van der Waals surface area (Å²) in [5.74, 6) is -0.277. The first-order valence-corrected chi connectivity index (χ1v) is 3.51. The van der Waals surface area contributed by atoms with Crippen molar-refractivity contribution in [3.8, 4) is 0 Å². The first-order valence-electron chi connectivity index (χ1n) is 3.51. The van der Waals surface area contributed by atoms with E-state index >= 15 is 0 Å². The van der Waals surface area contributed by atoms with Gasteiger partial charge in [-0.15, -0.1) is 0 Å². The van der Waals surface area contributed by atoms with Crippen LogP contribution in [-0.2, 0) is 9.53 Å². The van der Waals surface area contributed by atoms with Crippen LogP contribution in [0.4, 0.5) is 0 Å². The van der Waals surface area contributed by atoms with E-state index in [4.69, 9.17) is 0 Å². The molecule has 4 nitrogen and oxygen atoms in total. The van der Waals surface area contributed by atoms with Crippen LogP contribution in [0.25, 0.3) is 0 Å². The highest BCUT2D eigenvalue weighted by Crippen LogP contribution is 1.97. The van der Waals surface area contributed by atoms with Gasteiger partial charge in [0.25, 0.3) is 0 Å². The number of nitrogens with one attached hydrogen (secondary N) is 2. The van der Waals surface area contributed by atoms with Crippen LogP contribution in [0.1, 0.15) is 6.92 Å². The van der Waals surface area contributed by atoms with Gasteiger partial charge in [0.05, 0.1) is 7.11 Å². The number of methoxy groups -OCH3 is 1. The summed E-state index contributed by atoms with van der Waals surface area (Å²) in [5, 5.41) is 0. The van der Waals surface area contributed by atoms with E-state index in [1.807, 2.05) is 13.0 Å². The Morgan fingerprint density at radius 2 is 2.18 bits per heavy atom. The Morgan fingerprint density at radius 1 is 1.45 bits per heavy atom. The third-order valence-corrected chi connectivity index (χ3v) is 1.51. The van der Waals surface area contributed by atoms with E-state index in [0.717, 1.165) is 0 Å². The Kier molecular flexibility index (Phi) is 2.62. The van der Waals surface area contributed by atoms with Gasteiger partial charge in [-0.1, -0.05) is 12.2 Å². The normalized spacial score (nSPS) is 30.0. The number of carbonyl (C=O) groups excluding carboxylic acids is 1. The lowest BCUT2D eigenvalue weighted by Gasteiger charge is -2.21. The summed E-state index contributed by atoms with van der Waals surface area (Å²) < 4.78 is 4.53. The van der Waals surface area contributed by atoms with Crippen molar-refractivity contribution < 1.29 is 9.53 Å². The predicted molar refractivity (Wildman–Crippen MR) is 40.7 cm³/mol. The van der Waals surface area contributed by atoms with Crippen molar-refractivity contribution in [2.75, 3.05) is 7.11 Å². The maximum Gasteiger partial charge on any atom is 0.328 e. The van der Waals surface area contributed by atoms with Gasteiger partial charge in [-0.3, -0.25) is 5.43 Å². The van der Waals surface area contributed by atoms with Crippen LogP contribution in [-0.4, -0.2) is 25.2 Å². The first kappa shape index (κ1) is 8.23. The molecule has 2 atom stereocenters. The van der Waals surface area contributed by atoms with Crippen molar-refractivity contribution in [1.29, 1.82) is 0 Å². The Hall–Kier alpha value is -0.870. The van der Waals surface area contributed by atoms with E-state index in [1.165, 1.54) is 7.11 Å². The predicted octanol–water partition coefficient (Wildman–Crippen LogP) is -0.420. The highest BCUT2D eigenvalue weighted by atomic mass is 16.5. The monoisotopic (exact) mass is 156 g/mol. The molecular formula is C7H12N2O2. The summed E-state index contributed by atoms with van der Waals surface area (Å²) in [5.41, 5.74) is 5.72. The molecule has 0 bridgehead atoms. The van der Waals surface area contributed by atoms with Gasteiger partial charge in [0.1, 0.15) is 6.04 Å². The average molecular weight is 156 g/mol. The van der Waals surface area contributed by atoms with Crippen molar-refractivity contribution in [3.63, 3.8) is 0 Å². The largest absolute Gasteiger partial charge is 0.468 e. The summed E-state index contributed by atoms with van der Waals surface area (Å²) >= 11 is 0. The molecule has 0 aliphatic carbocycles. The minimum atomic E-state index is -0.351. The molecule has 11 heavy (non-hydrogen) atoms. The summed E-state index contributed by atoms with van der Waals surface area (Å²) in [6.07, 6.45) is 3.70. The molecular weight excluding hydrogens is 144 g/mol. The summed E-state index contributed by atoms with van der Waals surface area (Å²) in [6.45, 7) is 1.98. The number of carbonyl (C=O) groups is 1. The van der Waals surface area contributed by atoms with Crippen LogP contribution in [0.5, 0.6) is 0 Å². The molecule has 0 aromatic rings. The third kappa shape index (κ3) is 2.03. The first-order chi connectivity index (χ1) is 5.24. The summed E-state index contributed by atoms with van der Waals surface area (Å²) in [7, 11) is 1.37. The quantitative estimate of drug-likeness (QED) is 0.400. The minimum absolute atomic E-state index is 0.260. The molecule has 0 radical (unpaired) electrons. The van der Waals surface area contributed by atoms with E-state index in [9.17, 15) is 4.79 Å². The molecule has 0 saturated carbocycles. The van der Waals surface area contributed by atoms with Crippen molar-refractivity contribution in [1.82, 2.24) is 10.9 Å². The van der Waals surface area contributed by atoms with Crippen LogP contribution < -0.4 is 10.9 Å². The van der Waals surface area contributed by atoms with Gasteiger partial charge in [-0.05, 0) is 6.92 Å². The molecule has 0 amide bonds. The van der Waals surface area contributed by atoms with E-state index in [0.29, 0.717) is 0 Å². The molecule has 1 heterocycles. The van der Waals surface area contributed by atoms with Gasteiger partial charge in [0, 0.05) is 6.04 Å². The van der Waals surface area contributed by atoms with Crippen molar-refractivity contribution in [3.05, 3.63) is 12.2 Å². The Bertz CT molecular complexity index is 179. The van der Waals surface area contributed by atoms with Crippen LogP contribution in [0.3, 0.4) is 0 Å². The Labute approximate surface area is 65.6 Å². The topological polar surface area (TPSA) is 50.4 Å². The van der Waals surface area contributed by atoms with Crippen LogP contribution in [0.15, 0.2) is 12.2 Å². The molecule has 0 saturated heterocycles. The van der Waals surface area contributed by atoms with Gasteiger partial charge in [-0.2, -0.15) is 0 Å². The fourth-order valence-corrected chi connectivity index (χ4v) is 0.860. The van der Waals surface area contributed by atoms with Crippen LogP contribution in [0.2, 0.25) is 0 Å². The highest BCUT2D eigenvalue weighted by molar-refractivity contribution is 5.78. The second-order valence-electron chi connectivity index (χ2n) is 2.46. The molecule has 62 valence electrons. The fourth-order valence-electron chi connectivity index (χ4n) is 0.860. The van der Waals surface area contributed by atoms with Gasteiger partial charge < -0.3 is 4.74 Å². The smallest absolute Gasteiger partial charge is 0.328 e. The Balaban J connectivity index is 2.50. The third-order valence-electron chi connectivity index (χ3n) is 1.51. The van der Waals surface area contributed by atoms with Gasteiger partial charge in [0.2, 0.25) is 0 Å². The molecule has 2 N–H and O–H groups in total. The number of esters is 1.